The maximum absolute atomic E-state index is 13.6. The Morgan fingerprint density at radius 1 is 1.05 bits per heavy atom. The normalized spacial score (nSPS) is 11.3. The van der Waals surface area contributed by atoms with E-state index in [4.69, 9.17) is 28.9 Å². The monoisotopic (exact) mass is 334 g/mol. The summed E-state index contributed by atoms with van der Waals surface area (Å²) in [4.78, 5) is -0.122. The predicted molar refractivity (Wildman–Crippen MR) is 78.1 cm³/mol. The molecule has 0 aromatic heterocycles. The molecule has 4 nitrogen and oxygen atoms in total. The molecule has 0 bridgehead atoms. The number of nitrogens with two attached hydrogens (primary N) is 1. The van der Waals surface area contributed by atoms with Crippen LogP contribution in [-0.4, -0.2) is 8.42 Å². The Hall–Kier alpha value is -1.50. The number of benzene rings is 2. The van der Waals surface area contributed by atoms with Gasteiger partial charge in [-0.15, -0.1) is 0 Å². The van der Waals surface area contributed by atoms with Crippen LogP contribution in [0.15, 0.2) is 41.3 Å². The summed E-state index contributed by atoms with van der Waals surface area (Å²) in [6.07, 6.45) is 0. The lowest BCUT2D eigenvalue weighted by molar-refractivity contribution is 0.598. The van der Waals surface area contributed by atoms with Crippen LogP contribution in [0.3, 0.4) is 0 Å². The number of sulfonamides is 1. The van der Waals surface area contributed by atoms with Crippen LogP contribution >= 0.6 is 23.2 Å². The van der Waals surface area contributed by atoms with Crippen LogP contribution in [-0.2, 0) is 10.0 Å². The SMILES string of the molecule is Nc1ccc(NS(=O)(=O)c2ccc(Cl)c(Cl)c2)c(F)c1. The molecule has 0 amide bonds. The fourth-order valence-corrected chi connectivity index (χ4v) is 2.92. The summed E-state index contributed by atoms with van der Waals surface area (Å²) in [5.41, 5.74) is 5.38. The molecule has 0 saturated heterocycles. The Morgan fingerprint density at radius 2 is 1.75 bits per heavy atom. The average molecular weight is 335 g/mol. The summed E-state index contributed by atoms with van der Waals surface area (Å²) in [5, 5.41) is 0.316. The van der Waals surface area contributed by atoms with Crippen LogP contribution < -0.4 is 10.5 Å². The summed E-state index contributed by atoms with van der Waals surface area (Å²) in [7, 11) is -3.96. The van der Waals surface area contributed by atoms with E-state index in [9.17, 15) is 12.8 Å². The molecule has 20 heavy (non-hydrogen) atoms. The molecule has 0 atom stereocenters. The van der Waals surface area contributed by atoms with Crippen molar-refractivity contribution in [2.75, 3.05) is 10.5 Å². The predicted octanol–water partition coefficient (Wildman–Crippen LogP) is 3.52. The first-order chi connectivity index (χ1) is 9.29. The highest BCUT2D eigenvalue weighted by Gasteiger charge is 2.17. The number of anilines is 2. The Bertz CT molecular complexity index is 766. The number of hydrogen-bond donors (Lipinski definition) is 2. The van der Waals surface area contributed by atoms with Gasteiger partial charge in [0.05, 0.1) is 20.6 Å². The molecule has 0 spiro atoms. The number of nitrogen functional groups attached to an aromatic ring is 1. The summed E-state index contributed by atoms with van der Waals surface area (Å²) >= 11 is 11.5. The fraction of sp³-hybridized carbons (Fsp3) is 0. The number of nitrogens with one attached hydrogen (secondary N) is 1. The second-order valence-corrected chi connectivity index (χ2v) is 6.42. The second kappa shape index (κ2) is 5.47. The topological polar surface area (TPSA) is 72.2 Å². The first-order valence-electron chi connectivity index (χ1n) is 5.32. The summed E-state index contributed by atoms with van der Waals surface area (Å²) in [6.45, 7) is 0. The van der Waals surface area contributed by atoms with Gasteiger partial charge in [0.15, 0.2) is 0 Å². The minimum Gasteiger partial charge on any atom is -0.399 e. The highest BCUT2D eigenvalue weighted by atomic mass is 35.5. The van der Waals surface area contributed by atoms with Crippen molar-refractivity contribution in [1.82, 2.24) is 0 Å². The van der Waals surface area contributed by atoms with Crippen molar-refractivity contribution < 1.29 is 12.8 Å². The third-order valence-corrected chi connectivity index (χ3v) is 4.54. The van der Waals surface area contributed by atoms with Crippen LogP contribution in [0, 0.1) is 5.82 Å². The number of hydrogen-bond acceptors (Lipinski definition) is 3. The van der Waals surface area contributed by atoms with E-state index in [1.807, 2.05) is 0 Å². The second-order valence-electron chi connectivity index (χ2n) is 3.92. The third-order valence-electron chi connectivity index (χ3n) is 2.44. The zero-order valence-corrected chi connectivity index (χ0v) is 12.2. The van der Waals surface area contributed by atoms with Gasteiger partial charge in [-0.25, -0.2) is 12.8 Å². The van der Waals surface area contributed by atoms with Gasteiger partial charge in [-0.05, 0) is 36.4 Å². The van der Waals surface area contributed by atoms with Gasteiger partial charge >= 0.3 is 0 Å². The van der Waals surface area contributed by atoms with Crippen molar-refractivity contribution in [3.8, 4) is 0 Å². The largest absolute Gasteiger partial charge is 0.399 e. The molecule has 0 aliphatic heterocycles. The Labute approximate surface area is 125 Å². The molecule has 8 heteroatoms. The van der Waals surface area contributed by atoms with Crippen LogP contribution in [0.5, 0.6) is 0 Å². The minimum absolute atomic E-state index is 0.0901. The number of rotatable bonds is 3. The lowest BCUT2D eigenvalue weighted by Crippen LogP contribution is -2.14. The van der Waals surface area contributed by atoms with Gasteiger partial charge in [0, 0.05) is 5.69 Å². The molecule has 0 aliphatic carbocycles. The number of halogens is 3. The highest BCUT2D eigenvalue weighted by Crippen LogP contribution is 2.26. The van der Waals surface area contributed by atoms with E-state index in [0.717, 1.165) is 6.07 Å². The first-order valence-corrected chi connectivity index (χ1v) is 7.56. The molecule has 0 aliphatic rings. The van der Waals surface area contributed by atoms with Crippen molar-refractivity contribution >= 4 is 44.6 Å². The van der Waals surface area contributed by atoms with E-state index < -0.39 is 15.8 Å². The van der Waals surface area contributed by atoms with Crippen molar-refractivity contribution in [1.29, 1.82) is 0 Å². The van der Waals surface area contributed by atoms with Crippen molar-refractivity contribution in [2.45, 2.75) is 4.90 Å². The van der Waals surface area contributed by atoms with E-state index in [1.165, 1.54) is 30.3 Å². The van der Waals surface area contributed by atoms with Crippen LogP contribution in [0.2, 0.25) is 10.0 Å². The third kappa shape index (κ3) is 3.15. The molecule has 2 rings (SSSR count). The Morgan fingerprint density at radius 3 is 2.35 bits per heavy atom. The average Bonchev–Trinajstić information content (AvgIpc) is 2.36. The molecule has 0 saturated carbocycles. The molecule has 2 aromatic carbocycles. The maximum Gasteiger partial charge on any atom is 0.262 e. The molecular weight excluding hydrogens is 326 g/mol. The summed E-state index contributed by atoms with van der Waals surface area (Å²) in [5.74, 6) is -0.770. The molecule has 0 fully saturated rings. The molecule has 3 N–H and O–H groups in total. The smallest absolute Gasteiger partial charge is 0.262 e. The lowest BCUT2D eigenvalue weighted by atomic mass is 10.3. The van der Waals surface area contributed by atoms with Crippen molar-refractivity contribution in [3.63, 3.8) is 0 Å². The van der Waals surface area contributed by atoms with Gasteiger partial charge in [0.1, 0.15) is 5.82 Å². The van der Waals surface area contributed by atoms with E-state index in [-0.39, 0.29) is 26.3 Å². The van der Waals surface area contributed by atoms with Crippen molar-refractivity contribution in [3.05, 3.63) is 52.3 Å². The van der Waals surface area contributed by atoms with Crippen LogP contribution in [0.4, 0.5) is 15.8 Å². The molecule has 0 heterocycles. The maximum atomic E-state index is 13.6. The Kier molecular flexibility index (Phi) is 4.08. The van der Waals surface area contributed by atoms with Crippen LogP contribution in [0.1, 0.15) is 0 Å². The minimum atomic E-state index is -3.96. The summed E-state index contributed by atoms with van der Waals surface area (Å²) in [6, 6.07) is 7.44. The summed E-state index contributed by atoms with van der Waals surface area (Å²) < 4.78 is 39.9. The van der Waals surface area contributed by atoms with Gasteiger partial charge < -0.3 is 5.73 Å². The quantitative estimate of drug-likeness (QED) is 0.843. The van der Waals surface area contributed by atoms with Gasteiger partial charge in [0.25, 0.3) is 10.0 Å². The van der Waals surface area contributed by atoms with E-state index >= 15 is 0 Å². The van der Waals surface area contributed by atoms with Crippen LogP contribution in [0.25, 0.3) is 0 Å². The standard InChI is InChI=1S/C12H9Cl2FN2O2S/c13-9-3-2-8(6-10(9)14)20(18,19)17-12-4-1-7(16)5-11(12)15/h1-6,17H,16H2. The highest BCUT2D eigenvalue weighted by molar-refractivity contribution is 7.92. The van der Waals surface area contributed by atoms with Gasteiger partial charge in [-0.3, -0.25) is 4.72 Å². The molecule has 0 radical (unpaired) electrons. The molecule has 106 valence electrons. The van der Waals surface area contributed by atoms with E-state index in [2.05, 4.69) is 4.72 Å². The fourth-order valence-electron chi connectivity index (χ4n) is 1.46. The van der Waals surface area contributed by atoms with Gasteiger partial charge in [0.2, 0.25) is 0 Å². The lowest BCUT2D eigenvalue weighted by Gasteiger charge is -2.10. The zero-order chi connectivity index (χ0) is 14.9. The molecule has 2 aromatic rings. The molecule has 0 unspecified atom stereocenters. The van der Waals surface area contributed by atoms with Gasteiger partial charge in [-0.2, -0.15) is 0 Å². The first kappa shape index (κ1) is 14.9. The van der Waals surface area contributed by atoms with E-state index in [1.54, 1.807) is 0 Å². The molecular formula is C12H9Cl2FN2O2S. The van der Waals surface area contributed by atoms with Gasteiger partial charge in [-0.1, -0.05) is 23.2 Å². The van der Waals surface area contributed by atoms with E-state index in [0.29, 0.717) is 0 Å². The van der Waals surface area contributed by atoms with Crippen molar-refractivity contribution in [2.24, 2.45) is 0 Å². The zero-order valence-electron chi connectivity index (χ0n) is 9.90. The Balaban J connectivity index is 2.38.